The summed E-state index contributed by atoms with van der Waals surface area (Å²) >= 11 is 6.24. The lowest BCUT2D eigenvalue weighted by Crippen LogP contribution is -2.30. The number of carbonyl (C=O) groups excluding carboxylic acids is 1. The van der Waals surface area contributed by atoms with Crippen LogP contribution in [-0.2, 0) is 17.4 Å². The number of rotatable bonds is 8. The summed E-state index contributed by atoms with van der Waals surface area (Å²) in [4.78, 5) is 36.1. The molecule has 2 aromatic carbocycles. The zero-order chi connectivity index (χ0) is 31.1. The molecule has 13 heteroatoms. The number of carbonyl (C=O) groups is 1. The zero-order valence-corrected chi connectivity index (χ0v) is 24.4. The highest BCUT2D eigenvalue weighted by molar-refractivity contribution is 6.31. The first-order chi connectivity index (χ1) is 20.4. The summed E-state index contributed by atoms with van der Waals surface area (Å²) in [5, 5.41) is 7.12. The molecule has 222 valence electrons. The Labute approximate surface area is 248 Å². The molecule has 0 aliphatic carbocycles. The second kappa shape index (κ2) is 11.6. The number of methoxy groups -OCH3 is 1. The highest BCUT2D eigenvalue weighted by Gasteiger charge is 2.35. The van der Waals surface area contributed by atoms with Gasteiger partial charge in [0.15, 0.2) is 11.5 Å². The van der Waals surface area contributed by atoms with Crippen molar-refractivity contribution in [3.8, 4) is 22.6 Å². The van der Waals surface area contributed by atoms with Crippen LogP contribution in [0.2, 0.25) is 5.02 Å². The van der Waals surface area contributed by atoms with Gasteiger partial charge in [0.05, 0.1) is 53.7 Å². The van der Waals surface area contributed by atoms with Crippen molar-refractivity contribution in [2.45, 2.75) is 45.8 Å². The maximum atomic E-state index is 13.5. The number of ketones is 1. The van der Waals surface area contributed by atoms with Gasteiger partial charge in [0, 0.05) is 28.6 Å². The first-order valence-corrected chi connectivity index (χ1v) is 13.6. The van der Waals surface area contributed by atoms with E-state index in [9.17, 15) is 22.8 Å². The van der Waals surface area contributed by atoms with Crippen LogP contribution in [0.4, 0.5) is 13.2 Å². The van der Waals surface area contributed by atoms with Crippen molar-refractivity contribution in [2.24, 2.45) is 0 Å². The number of pyridine rings is 1. The molecule has 0 fully saturated rings. The number of hydrogen-bond acceptors (Lipinski definition) is 7. The third-order valence-corrected chi connectivity index (χ3v) is 7.39. The van der Waals surface area contributed by atoms with Crippen LogP contribution < -0.4 is 10.3 Å². The zero-order valence-electron chi connectivity index (χ0n) is 23.6. The van der Waals surface area contributed by atoms with E-state index in [2.05, 4.69) is 20.3 Å². The molecule has 0 bridgehead atoms. The molecule has 5 aromatic rings. The first kappa shape index (κ1) is 29.9. The average molecular weight is 611 g/mol. The molecule has 3 aromatic heterocycles. The minimum absolute atomic E-state index is 0.0613. The molecule has 0 amide bonds. The number of alkyl halides is 3. The smallest absolute Gasteiger partial charge is 0.436 e. The number of aryl methyl sites for hydroxylation is 2. The van der Waals surface area contributed by atoms with Crippen molar-refractivity contribution in [1.82, 2.24) is 29.5 Å². The second-order valence-electron chi connectivity index (χ2n) is 9.99. The molecule has 43 heavy (non-hydrogen) atoms. The van der Waals surface area contributed by atoms with Crippen molar-refractivity contribution in [1.29, 1.82) is 0 Å². The largest absolute Gasteiger partial charge is 0.495 e. The Kier molecular flexibility index (Phi) is 8.06. The molecule has 1 atom stereocenters. The van der Waals surface area contributed by atoms with Gasteiger partial charge in [-0.2, -0.15) is 13.2 Å². The van der Waals surface area contributed by atoms with E-state index in [4.69, 9.17) is 16.3 Å². The maximum Gasteiger partial charge on any atom is 0.436 e. The number of fused-ring (bicyclic) bond motifs is 1. The van der Waals surface area contributed by atoms with Gasteiger partial charge in [0.1, 0.15) is 5.75 Å². The first-order valence-electron chi connectivity index (χ1n) is 13.3. The molecule has 0 unspecified atom stereocenters. The van der Waals surface area contributed by atoms with Crippen LogP contribution in [0, 0.1) is 13.8 Å². The monoisotopic (exact) mass is 610 g/mol. The normalized spacial score (nSPS) is 12.5. The standard InChI is InChI=1S/C30H26ClF3N6O3/c1-5-24(26(41)11-18-6-8-22-23(10-18)36-17(3)16(2)35-22)39-14-27(43-4)21(13-29(39)42)20-12-19(31)7-9-25(20)40-15-28(37-38-40)30(32,33)34/h6-10,12-15,24H,5,11H2,1-4H3/t24-/m0/s1. The Morgan fingerprint density at radius 3 is 2.37 bits per heavy atom. The van der Waals surface area contributed by atoms with E-state index >= 15 is 0 Å². The van der Waals surface area contributed by atoms with E-state index in [0.717, 1.165) is 33.3 Å². The van der Waals surface area contributed by atoms with Gasteiger partial charge in [-0.3, -0.25) is 9.59 Å². The van der Waals surface area contributed by atoms with E-state index in [1.807, 2.05) is 32.0 Å². The topological polar surface area (TPSA) is 105 Å². The number of aromatic nitrogens is 6. The molecule has 0 radical (unpaired) electrons. The molecule has 0 N–H and O–H groups in total. The molecule has 0 saturated carbocycles. The summed E-state index contributed by atoms with van der Waals surface area (Å²) in [5.74, 6) is 0.0126. The summed E-state index contributed by atoms with van der Waals surface area (Å²) in [6, 6.07) is 10.4. The maximum absolute atomic E-state index is 13.5. The van der Waals surface area contributed by atoms with Crippen LogP contribution >= 0.6 is 11.6 Å². The minimum atomic E-state index is -4.69. The summed E-state index contributed by atoms with van der Waals surface area (Å²) < 4.78 is 47.4. The number of nitrogens with zero attached hydrogens (tertiary/aromatic N) is 6. The van der Waals surface area contributed by atoms with Gasteiger partial charge in [-0.25, -0.2) is 14.6 Å². The third kappa shape index (κ3) is 6.00. The predicted octanol–water partition coefficient (Wildman–Crippen LogP) is 6.10. The van der Waals surface area contributed by atoms with Gasteiger partial charge in [-0.05, 0) is 56.2 Å². The molecular formula is C30H26ClF3N6O3. The van der Waals surface area contributed by atoms with E-state index < -0.39 is 23.5 Å². The Morgan fingerprint density at radius 2 is 1.72 bits per heavy atom. The molecule has 3 heterocycles. The summed E-state index contributed by atoms with van der Waals surface area (Å²) in [5.41, 5.74) is 2.82. The minimum Gasteiger partial charge on any atom is -0.495 e. The number of hydrogen-bond donors (Lipinski definition) is 0. The van der Waals surface area contributed by atoms with Crippen molar-refractivity contribution < 1.29 is 22.7 Å². The fourth-order valence-electron chi connectivity index (χ4n) is 4.87. The van der Waals surface area contributed by atoms with Crippen molar-refractivity contribution >= 4 is 28.4 Å². The lowest BCUT2D eigenvalue weighted by atomic mass is 10.00. The molecule has 0 saturated heterocycles. The van der Waals surface area contributed by atoms with Crippen LogP contribution in [0.15, 0.2) is 59.7 Å². The second-order valence-corrected chi connectivity index (χ2v) is 10.4. The molecule has 0 aliphatic heterocycles. The van der Waals surface area contributed by atoms with Gasteiger partial charge < -0.3 is 9.30 Å². The van der Waals surface area contributed by atoms with Gasteiger partial charge >= 0.3 is 6.18 Å². The van der Waals surface area contributed by atoms with Crippen molar-refractivity contribution in [3.05, 3.63) is 92.9 Å². The summed E-state index contributed by atoms with van der Waals surface area (Å²) in [7, 11) is 1.39. The summed E-state index contributed by atoms with van der Waals surface area (Å²) in [6.07, 6.45) is -2.13. The predicted molar refractivity (Wildman–Crippen MR) is 155 cm³/mol. The third-order valence-electron chi connectivity index (χ3n) is 7.16. The SMILES string of the molecule is CC[C@@H](C(=O)Cc1ccc2nc(C)c(C)nc2c1)n1cc(OC)c(-c2cc(Cl)ccc2-n2cc(C(F)(F)F)nn2)cc1=O. The van der Waals surface area contributed by atoms with Crippen LogP contribution in [0.1, 0.15) is 42.0 Å². The lowest BCUT2D eigenvalue weighted by molar-refractivity contribution is -0.141. The molecule has 0 spiro atoms. The number of benzene rings is 2. The summed E-state index contributed by atoms with van der Waals surface area (Å²) in [6.45, 7) is 5.55. The quantitative estimate of drug-likeness (QED) is 0.209. The van der Waals surface area contributed by atoms with Crippen LogP contribution in [0.25, 0.3) is 27.8 Å². The number of ether oxygens (including phenoxy) is 1. The van der Waals surface area contributed by atoms with Crippen LogP contribution in [-0.4, -0.2) is 42.4 Å². The highest BCUT2D eigenvalue weighted by atomic mass is 35.5. The number of Topliss-reactive ketones (excluding diaryl/α,β-unsaturated/α-hetero) is 1. The van der Waals surface area contributed by atoms with Gasteiger partial charge in [-0.15, -0.1) is 5.10 Å². The Hall–Kier alpha value is -4.58. The molecular weight excluding hydrogens is 585 g/mol. The van der Waals surface area contributed by atoms with Crippen LogP contribution in [0.5, 0.6) is 5.75 Å². The Morgan fingerprint density at radius 1 is 1.00 bits per heavy atom. The van der Waals surface area contributed by atoms with E-state index in [1.54, 1.807) is 6.92 Å². The van der Waals surface area contributed by atoms with Crippen LogP contribution in [0.3, 0.4) is 0 Å². The lowest BCUT2D eigenvalue weighted by Gasteiger charge is -2.20. The van der Waals surface area contributed by atoms with Gasteiger partial charge in [-0.1, -0.05) is 29.8 Å². The van der Waals surface area contributed by atoms with E-state index in [0.29, 0.717) is 11.9 Å². The van der Waals surface area contributed by atoms with Gasteiger partial charge in [0.25, 0.3) is 5.56 Å². The average Bonchev–Trinajstić information content (AvgIpc) is 3.46. The molecule has 0 aliphatic rings. The molecule has 5 rings (SSSR count). The Balaban J connectivity index is 1.51. The Bertz CT molecular complexity index is 1920. The van der Waals surface area contributed by atoms with E-state index in [-0.39, 0.29) is 39.8 Å². The molecule has 9 nitrogen and oxygen atoms in total. The fourth-order valence-corrected chi connectivity index (χ4v) is 5.04. The fraction of sp³-hybridized carbons (Fsp3) is 0.267. The van der Waals surface area contributed by atoms with Crippen molar-refractivity contribution in [2.75, 3.05) is 7.11 Å². The van der Waals surface area contributed by atoms with Crippen molar-refractivity contribution in [3.63, 3.8) is 0 Å². The van der Waals surface area contributed by atoms with Gasteiger partial charge in [0.2, 0.25) is 0 Å². The highest BCUT2D eigenvalue weighted by Crippen LogP contribution is 2.36. The van der Waals surface area contributed by atoms with E-state index in [1.165, 1.54) is 42.1 Å². The number of halogens is 4.